The van der Waals surface area contributed by atoms with Crippen LogP contribution in [0.25, 0.3) is 52.5 Å². The highest BCUT2D eigenvalue weighted by molar-refractivity contribution is 7.25. The van der Waals surface area contributed by atoms with Crippen molar-refractivity contribution in [3.05, 3.63) is 82.5 Å². The zero-order valence-electron chi connectivity index (χ0n) is 14.9. The van der Waals surface area contributed by atoms with Gasteiger partial charge in [-0.05, 0) is 51.7 Å². The molecule has 6 rings (SSSR count). The fourth-order valence-corrected chi connectivity index (χ4v) is 5.72. The van der Waals surface area contributed by atoms with Crippen molar-refractivity contribution in [2.24, 2.45) is 0 Å². The van der Waals surface area contributed by atoms with Crippen molar-refractivity contribution in [1.82, 2.24) is 0 Å². The first-order valence-corrected chi connectivity index (χ1v) is 10.1. The summed E-state index contributed by atoms with van der Waals surface area (Å²) in [7, 11) is 0. The van der Waals surface area contributed by atoms with Gasteiger partial charge in [0.05, 0.1) is 0 Å². The molecule has 0 fully saturated rings. The monoisotopic (exact) mass is 364 g/mol. The van der Waals surface area contributed by atoms with Crippen LogP contribution in [0.2, 0.25) is 0 Å². The van der Waals surface area contributed by atoms with Crippen LogP contribution in [0.4, 0.5) is 0 Å². The molecule has 0 radical (unpaired) electrons. The van der Waals surface area contributed by atoms with Gasteiger partial charge in [0.15, 0.2) is 5.43 Å². The zero-order chi connectivity index (χ0) is 18.1. The molecular formula is C25H16OS. The van der Waals surface area contributed by atoms with E-state index in [1.165, 1.54) is 30.9 Å². The predicted octanol–water partition coefficient (Wildman–Crippen LogP) is 6.87. The summed E-state index contributed by atoms with van der Waals surface area (Å²) < 4.78 is 2.54. The maximum Gasteiger partial charge on any atom is 0.194 e. The molecule has 5 aromatic carbocycles. The molecule has 0 bridgehead atoms. The fraction of sp³-hybridized carbons (Fsp3) is 0.0800. The van der Waals surface area contributed by atoms with Gasteiger partial charge in [-0.25, -0.2) is 0 Å². The van der Waals surface area contributed by atoms with Gasteiger partial charge in [0.1, 0.15) is 0 Å². The average molecular weight is 364 g/mol. The molecule has 0 aliphatic rings. The Balaban J connectivity index is 2.06. The highest BCUT2D eigenvalue weighted by Crippen LogP contribution is 2.43. The molecule has 0 atom stereocenters. The van der Waals surface area contributed by atoms with Crippen molar-refractivity contribution in [1.29, 1.82) is 0 Å². The summed E-state index contributed by atoms with van der Waals surface area (Å²) >= 11 is 1.81. The number of fused-ring (bicyclic) bond motifs is 4. The Morgan fingerprint density at radius 3 is 2.22 bits per heavy atom. The lowest BCUT2D eigenvalue weighted by Gasteiger charge is -2.16. The number of hydrogen-bond donors (Lipinski definition) is 0. The molecule has 0 spiro atoms. The van der Waals surface area contributed by atoms with Gasteiger partial charge in [-0.1, -0.05) is 55.5 Å². The van der Waals surface area contributed by atoms with Gasteiger partial charge in [0.25, 0.3) is 0 Å². The van der Waals surface area contributed by atoms with Crippen molar-refractivity contribution in [2.75, 3.05) is 0 Å². The zero-order valence-corrected chi connectivity index (χ0v) is 15.7. The molecule has 0 saturated heterocycles. The molecule has 6 aromatic rings. The van der Waals surface area contributed by atoms with Gasteiger partial charge in [-0.2, -0.15) is 0 Å². The van der Waals surface area contributed by atoms with Gasteiger partial charge in [-0.15, -0.1) is 11.3 Å². The minimum absolute atomic E-state index is 0.169. The van der Waals surface area contributed by atoms with E-state index in [1.54, 1.807) is 0 Å². The van der Waals surface area contributed by atoms with Crippen LogP contribution in [0, 0.1) is 0 Å². The molecule has 0 unspecified atom stereocenters. The van der Waals surface area contributed by atoms with Crippen molar-refractivity contribution < 1.29 is 0 Å². The predicted molar refractivity (Wildman–Crippen MR) is 119 cm³/mol. The number of aryl methyl sites for hydroxylation is 1. The first-order chi connectivity index (χ1) is 13.3. The van der Waals surface area contributed by atoms with Crippen LogP contribution in [0.1, 0.15) is 12.5 Å². The molecule has 0 aliphatic carbocycles. The first kappa shape index (κ1) is 15.1. The van der Waals surface area contributed by atoms with Crippen LogP contribution in [-0.2, 0) is 6.42 Å². The topological polar surface area (TPSA) is 17.1 Å². The van der Waals surface area contributed by atoms with E-state index in [9.17, 15) is 4.79 Å². The largest absolute Gasteiger partial charge is 0.289 e. The molecule has 0 N–H and O–H groups in total. The van der Waals surface area contributed by atoms with Crippen LogP contribution in [-0.4, -0.2) is 0 Å². The van der Waals surface area contributed by atoms with E-state index in [0.717, 1.165) is 33.5 Å². The maximum absolute atomic E-state index is 13.4. The third-order valence-electron chi connectivity index (χ3n) is 5.79. The van der Waals surface area contributed by atoms with Crippen molar-refractivity contribution in [3.63, 3.8) is 0 Å². The second kappa shape index (κ2) is 5.28. The van der Waals surface area contributed by atoms with Gasteiger partial charge >= 0.3 is 0 Å². The lowest BCUT2D eigenvalue weighted by Crippen LogP contribution is -2.06. The van der Waals surface area contributed by atoms with Crippen LogP contribution in [0.5, 0.6) is 0 Å². The minimum atomic E-state index is 0.169. The molecule has 1 heterocycles. The second-order valence-electron chi connectivity index (χ2n) is 7.15. The quantitative estimate of drug-likeness (QED) is 0.230. The van der Waals surface area contributed by atoms with Gasteiger partial charge in [0.2, 0.25) is 0 Å². The average Bonchev–Trinajstić information content (AvgIpc) is 2.73. The molecule has 0 amide bonds. The standard InChI is InChI=1S/C25H16OS/c1-2-14-13-19-16-8-5-6-10-20(16)27-21-12-11-17-15-7-3-4-9-18(15)25(26)22(14)24(17)23(19)21/h3-13H,2H2,1H3. The smallest absolute Gasteiger partial charge is 0.194 e. The summed E-state index contributed by atoms with van der Waals surface area (Å²) in [5.74, 6) is 0. The Labute approximate surface area is 159 Å². The third kappa shape index (κ3) is 1.86. The molecule has 1 aromatic heterocycles. The van der Waals surface area contributed by atoms with E-state index in [0.29, 0.717) is 0 Å². The van der Waals surface area contributed by atoms with Crippen LogP contribution >= 0.6 is 11.3 Å². The molecule has 0 saturated carbocycles. The molecule has 2 heteroatoms. The Bertz CT molecular complexity index is 1570. The molecular weight excluding hydrogens is 348 g/mol. The summed E-state index contributed by atoms with van der Waals surface area (Å²) in [5.41, 5.74) is 1.32. The fourth-order valence-electron chi connectivity index (χ4n) is 4.60. The molecule has 1 nitrogen and oxygen atoms in total. The summed E-state index contributed by atoms with van der Waals surface area (Å²) in [6.07, 6.45) is 0.852. The van der Waals surface area contributed by atoms with Crippen molar-refractivity contribution >= 4 is 63.8 Å². The Morgan fingerprint density at radius 1 is 0.667 bits per heavy atom. The Kier molecular flexibility index (Phi) is 2.95. The maximum atomic E-state index is 13.4. The van der Waals surface area contributed by atoms with E-state index in [-0.39, 0.29) is 5.43 Å². The summed E-state index contributed by atoms with van der Waals surface area (Å²) in [5, 5.41) is 8.92. The molecule has 0 aliphatic heterocycles. The van der Waals surface area contributed by atoms with Crippen molar-refractivity contribution in [2.45, 2.75) is 13.3 Å². The van der Waals surface area contributed by atoms with Gasteiger partial charge < -0.3 is 0 Å². The highest BCUT2D eigenvalue weighted by atomic mass is 32.1. The van der Waals surface area contributed by atoms with E-state index in [1.807, 2.05) is 29.5 Å². The van der Waals surface area contributed by atoms with Crippen LogP contribution in [0.3, 0.4) is 0 Å². The lowest BCUT2D eigenvalue weighted by atomic mass is 9.89. The molecule has 27 heavy (non-hydrogen) atoms. The number of benzene rings is 5. The van der Waals surface area contributed by atoms with E-state index < -0.39 is 0 Å². The Morgan fingerprint density at radius 2 is 1.41 bits per heavy atom. The normalized spacial score (nSPS) is 12.2. The summed E-state index contributed by atoms with van der Waals surface area (Å²) in [6.45, 7) is 2.14. The Hall–Kier alpha value is -2.97. The van der Waals surface area contributed by atoms with E-state index in [4.69, 9.17) is 0 Å². The minimum Gasteiger partial charge on any atom is -0.289 e. The summed E-state index contributed by atoms with van der Waals surface area (Å²) in [4.78, 5) is 13.4. The van der Waals surface area contributed by atoms with Gasteiger partial charge in [0, 0.05) is 30.9 Å². The second-order valence-corrected chi connectivity index (χ2v) is 8.23. The number of rotatable bonds is 1. The molecule has 128 valence electrons. The number of hydrogen-bond acceptors (Lipinski definition) is 2. The van der Waals surface area contributed by atoms with Crippen LogP contribution in [0.15, 0.2) is 71.5 Å². The highest BCUT2D eigenvalue weighted by Gasteiger charge is 2.18. The van der Waals surface area contributed by atoms with Crippen molar-refractivity contribution in [3.8, 4) is 0 Å². The SMILES string of the molecule is CCc1cc2c3ccccc3sc3ccc4c5ccccc5c(=O)c1c4c32. The van der Waals surface area contributed by atoms with Crippen LogP contribution < -0.4 is 5.43 Å². The summed E-state index contributed by atoms with van der Waals surface area (Å²) in [6, 6.07) is 23.3. The van der Waals surface area contributed by atoms with E-state index >= 15 is 0 Å². The van der Waals surface area contributed by atoms with Gasteiger partial charge in [-0.3, -0.25) is 4.79 Å². The van der Waals surface area contributed by atoms with E-state index in [2.05, 4.69) is 55.5 Å². The first-order valence-electron chi connectivity index (χ1n) is 9.32. The third-order valence-corrected chi connectivity index (χ3v) is 6.93. The lowest BCUT2D eigenvalue weighted by molar-refractivity contribution is 1.16.